The number of aromatic nitrogens is 2. The Labute approximate surface area is 94.5 Å². The molecule has 0 aliphatic carbocycles. The van der Waals surface area contributed by atoms with Crippen LogP contribution in [-0.4, -0.2) is 33.0 Å². The number of rotatable bonds is 2. The van der Waals surface area contributed by atoms with Crippen LogP contribution in [-0.2, 0) is 4.74 Å². The van der Waals surface area contributed by atoms with Crippen LogP contribution in [0.2, 0.25) is 0 Å². The van der Waals surface area contributed by atoms with Crippen molar-refractivity contribution in [1.82, 2.24) is 14.9 Å². The molecule has 1 aliphatic rings. The molecule has 1 aromatic rings. The SMILES string of the molecule is CC(C)N1C(=O)O[C@H](c2cncnc2)[C@@H]1C. The summed E-state index contributed by atoms with van der Waals surface area (Å²) in [6.07, 6.45) is 4.30. The molecule has 0 aromatic carbocycles. The van der Waals surface area contributed by atoms with Crippen molar-refractivity contribution in [3.05, 3.63) is 24.3 Å². The second-order valence-electron chi connectivity index (χ2n) is 4.22. The van der Waals surface area contributed by atoms with E-state index >= 15 is 0 Å². The molecule has 0 N–H and O–H groups in total. The zero-order chi connectivity index (χ0) is 11.7. The highest BCUT2D eigenvalue weighted by Crippen LogP contribution is 2.32. The van der Waals surface area contributed by atoms with Crippen LogP contribution in [0.25, 0.3) is 0 Å². The number of carbonyl (C=O) groups is 1. The third-order valence-corrected chi connectivity index (χ3v) is 2.78. The van der Waals surface area contributed by atoms with Gasteiger partial charge in [-0.3, -0.25) is 4.90 Å². The fourth-order valence-corrected chi connectivity index (χ4v) is 2.07. The van der Waals surface area contributed by atoms with Gasteiger partial charge >= 0.3 is 6.09 Å². The minimum absolute atomic E-state index is 0.0125. The van der Waals surface area contributed by atoms with Crippen LogP contribution in [0.3, 0.4) is 0 Å². The number of cyclic esters (lactones) is 1. The van der Waals surface area contributed by atoms with Crippen LogP contribution in [0.1, 0.15) is 32.4 Å². The number of amides is 1. The van der Waals surface area contributed by atoms with Crippen molar-refractivity contribution in [2.24, 2.45) is 0 Å². The highest BCUT2D eigenvalue weighted by Gasteiger charge is 2.41. The Bertz CT molecular complexity index is 380. The summed E-state index contributed by atoms with van der Waals surface area (Å²) >= 11 is 0. The average Bonchev–Trinajstić information content (AvgIpc) is 2.55. The maximum Gasteiger partial charge on any atom is 0.411 e. The maximum absolute atomic E-state index is 11.7. The molecule has 0 saturated carbocycles. The summed E-state index contributed by atoms with van der Waals surface area (Å²) < 4.78 is 5.34. The molecule has 0 spiro atoms. The molecule has 1 aromatic heterocycles. The van der Waals surface area contributed by atoms with Gasteiger partial charge in [-0.05, 0) is 20.8 Å². The Hall–Kier alpha value is -1.65. The molecule has 1 amide bonds. The number of ether oxygens (including phenoxy) is 1. The Balaban J connectivity index is 2.24. The summed E-state index contributed by atoms with van der Waals surface area (Å²) in [5, 5.41) is 0. The fraction of sp³-hybridized carbons (Fsp3) is 0.545. The molecule has 5 heteroatoms. The molecule has 86 valence electrons. The van der Waals surface area contributed by atoms with E-state index in [0.717, 1.165) is 5.56 Å². The van der Waals surface area contributed by atoms with Gasteiger partial charge in [0.2, 0.25) is 0 Å². The van der Waals surface area contributed by atoms with Crippen LogP contribution in [0.5, 0.6) is 0 Å². The van der Waals surface area contributed by atoms with E-state index in [-0.39, 0.29) is 24.3 Å². The Morgan fingerprint density at radius 2 is 2.00 bits per heavy atom. The topological polar surface area (TPSA) is 55.3 Å². The fourth-order valence-electron chi connectivity index (χ4n) is 2.07. The van der Waals surface area contributed by atoms with Gasteiger partial charge in [-0.2, -0.15) is 0 Å². The number of carbonyl (C=O) groups excluding carboxylic acids is 1. The zero-order valence-corrected chi connectivity index (χ0v) is 9.62. The van der Waals surface area contributed by atoms with Crippen molar-refractivity contribution in [2.75, 3.05) is 0 Å². The molecular formula is C11H15N3O2. The van der Waals surface area contributed by atoms with E-state index in [9.17, 15) is 4.79 Å². The lowest BCUT2D eigenvalue weighted by molar-refractivity contribution is 0.128. The Kier molecular flexibility index (Phi) is 2.77. The van der Waals surface area contributed by atoms with Gasteiger partial charge in [0.15, 0.2) is 6.10 Å². The van der Waals surface area contributed by atoms with E-state index < -0.39 is 0 Å². The molecular weight excluding hydrogens is 206 g/mol. The smallest absolute Gasteiger partial charge is 0.411 e. The molecule has 0 bridgehead atoms. The lowest BCUT2D eigenvalue weighted by Crippen LogP contribution is -2.37. The third-order valence-electron chi connectivity index (χ3n) is 2.78. The minimum Gasteiger partial charge on any atom is -0.439 e. The van der Waals surface area contributed by atoms with Gasteiger partial charge in [-0.15, -0.1) is 0 Å². The molecule has 0 radical (unpaired) electrons. The van der Waals surface area contributed by atoms with Crippen LogP contribution in [0, 0.1) is 0 Å². The van der Waals surface area contributed by atoms with Crippen molar-refractivity contribution in [2.45, 2.75) is 39.0 Å². The summed E-state index contributed by atoms with van der Waals surface area (Å²) in [6, 6.07) is 0.149. The summed E-state index contributed by atoms with van der Waals surface area (Å²) in [6.45, 7) is 5.92. The van der Waals surface area contributed by atoms with Crippen LogP contribution in [0.4, 0.5) is 4.79 Å². The molecule has 16 heavy (non-hydrogen) atoms. The van der Waals surface area contributed by atoms with Crippen LogP contribution in [0.15, 0.2) is 18.7 Å². The molecule has 2 atom stereocenters. The highest BCUT2D eigenvalue weighted by molar-refractivity contribution is 5.71. The Morgan fingerprint density at radius 3 is 2.50 bits per heavy atom. The van der Waals surface area contributed by atoms with Crippen LogP contribution < -0.4 is 0 Å². The van der Waals surface area contributed by atoms with Gasteiger partial charge in [0.05, 0.1) is 6.04 Å². The molecule has 2 rings (SSSR count). The van der Waals surface area contributed by atoms with Crippen molar-refractivity contribution >= 4 is 6.09 Å². The largest absolute Gasteiger partial charge is 0.439 e. The molecule has 1 aliphatic heterocycles. The normalized spacial score (nSPS) is 25.0. The first kappa shape index (κ1) is 10.9. The average molecular weight is 221 g/mol. The van der Waals surface area contributed by atoms with Crippen molar-refractivity contribution in [1.29, 1.82) is 0 Å². The molecule has 1 saturated heterocycles. The maximum atomic E-state index is 11.7. The predicted molar refractivity (Wildman–Crippen MR) is 57.7 cm³/mol. The highest BCUT2D eigenvalue weighted by atomic mass is 16.6. The van der Waals surface area contributed by atoms with Gasteiger partial charge in [0, 0.05) is 24.0 Å². The standard InChI is InChI=1S/C11H15N3O2/c1-7(2)14-8(3)10(16-11(14)15)9-4-12-6-13-5-9/h4-8,10H,1-3H3/t8-,10-/m0/s1. The summed E-state index contributed by atoms with van der Waals surface area (Å²) in [7, 11) is 0. The summed E-state index contributed by atoms with van der Waals surface area (Å²) in [5.74, 6) is 0. The van der Waals surface area contributed by atoms with Crippen LogP contribution >= 0.6 is 0 Å². The summed E-state index contributed by atoms with van der Waals surface area (Å²) in [5.41, 5.74) is 0.839. The number of hydrogen-bond acceptors (Lipinski definition) is 4. The first-order chi connectivity index (χ1) is 7.61. The third kappa shape index (κ3) is 1.73. The van der Waals surface area contributed by atoms with Gasteiger partial charge < -0.3 is 4.74 Å². The Morgan fingerprint density at radius 1 is 1.38 bits per heavy atom. The lowest BCUT2D eigenvalue weighted by Gasteiger charge is -2.24. The number of hydrogen-bond donors (Lipinski definition) is 0. The molecule has 5 nitrogen and oxygen atoms in total. The van der Waals surface area contributed by atoms with Gasteiger partial charge in [-0.25, -0.2) is 14.8 Å². The second kappa shape index (κ2) is 4.08. The second-order valence-corrected chi connectivity index (χ2v) is 4.22. The first-order valence-corrected chi connectivity index (χ1v) is 5.35. The quantitative estimate of drug-likeness (QED) is 0.763. The van der Waals surface area contributed by atoms with Gasteiger partial charge in [0.1, 0.15) is 6.33 Å². The number of nitrogens with zero attached hydrogens (tertiary/aromatic N) is 3. The van der Waals surface area contributed by atoms with Gasteiger partial charge in [0.25, 0.3) is 0 Å². The van der Waals surface area contributed by atoms with Crippen molar-refractivity contribution < 1.29 is 9.53 Å². The van der Waals surface area contributed by atoms with E-state index in [1.165, 1.54) is 6.33 Å². The van der Waals surface area contributed by atoms with Crippen molar-refractivity contribution in [3.8, 4) is 0 Å². The predicted octanol–water partition coefficient (Wildman–Crippen LogP) is 1.77. The minimum atomic E-state index is -0.268. The van der Waals surface area contributed by atoms with E-state index in [2.05, 4.69) is 9.97 Å². The van der Waals surface area contributed by atoms with Gasteiger partial charge in [-0.1, -0.05) is 0 Å². The van der Waals surface area contributed by atoms with Crippen molar-refractivity contribution in [3.63, 3.8) is 0 Å². The van der Waals surface area contributed by atoms with E-state index in [4.69, 9.17) is 4.74 Å². The summed E-state index contributed by atoms with van der Waals surface area (Å²) in [4.78, 5) is 21.3. The monoisotopic (exact) mass is 221 g/mol. The first-order valence-electron chi connectivity index (χ1n) is 5.35. The molecule has 1 fully saturated rings. The van der Waals surface area contributed by atoms with E-state index in [1.54, 1.807) is 17.3 Å². The molecule has 0 unspecified atom stereocenters. The van der Waals surface area contributed by atoms with E-state index in [0.29, 0.717) is 0 Å². The zero-order valence-electron chi connectivity index (χ0n) is 9.62. The lowest BCUT2D eigenvalue weighted by atomic mass is 10.1. The van der Waals surface area contributed by atoms with E-state index in [1.807, 2.05) is 20.8 Å². The molecule has 2 heterocycles.